The van der Waals surface area contributed by atoms with E-state index < -0.39 is 0 Å². The number of nitrogens with zero attached hydrogens (tertiary/aromatic N) is 1. The highest BCUT2D eigenvalue weighted by atomic mass is 79.9. The lowest BCUT2D eigenvalue weighted by molar-refractivity contribution is 0.143. The maximum Gasteiger partial charge on any atom is 0.410 e. The number of carbonyl (C=O) groups excluding carboxylic acids is 1. The minimum atomic E-state index is -0.207. The van der Waals surface area contributed by atoms with Crippen molar-refractivity contribution in [3.05, 3.63) is 0 Å². The Labute approximate surface area is 107 Å². The molecule has 4 atom stereocenters. The number of fused-ring (bicyclic) bond motifs is 1. The van der Waals surface area contributed by atoms with Gasteiger partial charge in [-0.05, 0) is 26.7 Å². The van der Waals surface area contributed by atoms with E-state index >= 15 is 0 Å². The molecule has 0 aromatic heterocycles. The molecule has 1 saturated carbocycles. The molecule has 1 aliphatic heterocycles. The molecule has 0 aromatic carbocycles. The van der Waals surface area contributed by atoms with E-state index in [-0.39, 0.29) is 17.2 Å². The lowest BCUT2D eigenvalue weighted by atomic mass is 9.82. The van der Waals surface area contributed by atoms with Crippen molar-refractivity contribution in [3.8, 4) is 0 Å². The summed E-state index contributed by atoms with van der Waals surface area (Å²) in [5.74, 6) is 0. The van der Waals surface area contributed by atoms with Gasteiger partial charge in [-0.15, -0.1) is 0 Å². The van der Waals surface area contributed by atoms with Crippen molar-refractivity contribution in [2.24, 2.45) is 0 Å². The summed E-state index contributed by atoms with van der Waals surface area (Å²) in [5.41, 5.74) is -0.0862. The summed E-state index contributed by atoms with van der Waals surface area (Å²) >= 11 is 7.31. The summed E-state index contributed by atoms with van der Waals surface area (Å²) in [6, 6.07) is 0. The second kappa shape index (κ2) is 3.36. The largest absolute Gasteiger partial charge is 0.453 e. The first-order chi connectivity index (χ1) is 6.87. The highest BCUT2D eigenvalue weighted by Crippen LogP contribution is 2.62. The van der Waals surface area contributed by atoms with Crippen LogP contribution in [0.5, 0.6) is 0 Å². The van der Waals surface area contributed by atoms with Crippen LogP contribution in [-0.4, -0.2) is 38.8 Å². The van der Waals surface area contributed by atoms with Crippen molar-refractivity contribution in [1.29, 1.82) is 0 Å². The fraction of sp³-hybridized carbons (Fsp3) is 0.900. The van der Waals surface area contributed by atoms with Gasteiger partial charge in [0.2, 0.25) is 0 Å². The highest BCUT2D eigenvalue weighted by Gasteiger charge is 2.74. The van der Waals surface area contributed by atoms with Gasteiger partial charge in [0.05, 0.1) is 18.2 Å². The van der Waals surface area contributed by atoms with Crippen LogP contribution in [0.2, 0.25) is 0 Å². The van der Waals surface area contributed by atoms with Crippen molar-refractivity contribution in [2.75, 3.05) is 7.11 Å². The zero-order valence-corrected chi connectivity index (χ0v) is 12.3. The third-order valence-electron chi connectivity index (χ3n) is 4.03. The molecule has 0 bridgehead atoms. The Bertz CT molecular complexity index is 290. The topological polar surface area (TPSA) is 29.3 Å². The molecule has 0 radical (unpaired) electrons. The van der Waals surface area contributed by atoms with Crippen LogP contribution in [0.3, 0.4) is 0 Å². The molecule has 15 heavy (non-hydrogen) atoms. The zero-order chi connectivity index (χ0) is 11.4. The first-order valence-corrected chi connectivity index (χ1v) is 6.86. The Morgan fingerprint density at radius 3 is 2.00 bits per heavy atom. The van der Waals surface area contributed by atoms with Gasteiger partial charge in [-0.3, -0.25) is 4.90 Å². The number of carbonyl (C=O) groups is 1. The van der Waals surface area contributed by atoms with E-state index in [1.165, 1.54) is 7.11 Å². The van der Waals surface area contributed by atoms with E-state index in [2.05, 4.69) is 45.7 Å². The van der Waals surface area contributed by atoms with Crippen LogP contribution >= 0.6 is 31.9 Å². The van der Waals surface area contributed by atoms with Crippen LogP contribution < -0.4 is 0 Å². The van der Waals surface area contributed by atoms with Gasteiger partial charge >= 0.3 is 6.09 Å². The van der Waals surface area contributed by atoms with Gasteiger partial charge in [-0.1, -0.05) is 31.9 Å². The van der Waals surface area contributed by atoms with Crippen LogP contribution in [0.4, 0.5) is 4.79 Å². The summed E-state index contributed by atoms with van der Waals surface area (Å²) in [6.45, 7) is 4.27. The number of ether oxygens (including phenoxy) is 1. The molecule has 0 N–H and O–H groups in total. The second-order valence-electron chi connectivity index (χ2n) is 4.79. The van der Waals surface area contributed by atoms with Gasteiger partial charge in [-0.25, -0.2) is 4.79 Å². The minimum absolute atomic E-state index is 0.0431. The molecule has 1 heterocycles. The number of alkyl halides is 2. The van der Waals surface area contributed by atoms with E-state index in [9.17, 15) is 4.79 Å². The zero-order valence-electron chi connectivity index (χ0n) is 9.09. The maximum absolute atomic E-state index is 11.6. The number of methoxy groups -OCH3 is 1. The number of amides is 1. The Hall–Kier alpha value is 0.230. The fourth-order valence-corrected chi connectivity index (χ4v) is 4.50. The van der Waals surface area contributed by atoms with Gasteiger partial charge in [0.25, 0.3) is 0 Å². The van der Waals surface area contributed by atoms with E-state index in [4.69, 9.17) is 4.74 Å². The normalized spacial score (nSPS) is 48.5. The summed E-state index contributed by atoms with van der Waals surface area (Å²) in [4.78, 5) is 14.4. The van der Waals surface area contributed by atoms with Gasteiger partial charge < -0.3 is 4.74 Å². The van der Waals surface area contributed by atoms with Crippen LogP contribution in [0.1, 0.15) is 26.7 Å². The Balaban J connectivity index is 2.23. The van der Waals surface area contributed by atoms with Gasteiger partial charge in [0, 0.05) is 9.65 Å². The molecular formula is C10H15Br2NO2. The van der Waals surface area contributed by atoms with Crippen LogP contribution in [0.15, 0.2) is 0 Å². The molecule has 1 amide bonds. The maximum atomic E-state index is 11.6. The predicted molar refractivity (Wildman–Crippen MR) is 65.7 cm³/mol. The molecule has 2 fully saturated rings. The molecule has 1 saturated heterocycles. The predicted octanol–water partition coefficient (Wildman–Crippen LogP) is 2.91. The molecule has 2 rings (SSSR count). The van der Waals surface area contributed by atoms with Crippen molar-refractivity contribution < 1.29 is 9.53 Å². The average molecular weight is 341 g/mol. The first kappa shape index (κ1) is 11.7. The number of halogens is 2. The minimum Gasteiger partial charge on any atom is -0.453 e. The summed E-state index contributed by atoms with van der Waals surface area (Å²) in [6.07, 6.45) is 1.73. The van der Waals surface area contributed by atoms with Crippen molar-refractivity contribution in [2.45, 2.75) is 47.4 Å². The van der Waals surface area contributed by atoms with Gasteiger partial charge in [0.15, 0.2) is 0 Å². The van der Waals surface area contributed by atoms with Crippen molar-refractivity contribution in [1.82, 2.24) is 4.90 Å². The quantitative estimate of drug-likeness (QED) is 0.501. The van der Waals surface area contributed by atoms with E-state index in [1.54, 1.807) is 0 Å². The number of hydrogen-bond donors (Lipinski definition) is 0. The van der Waals surface area contributed by atoms with E-state index in [1.807, 2.05) is 4.90 Å². The molecule has 1 aliphatic carbocycles. The molecule has 5 heteroatoms. The third kappa shape index (κ3) is 1.38. The summed E-state index contributed by atoms with van der Waals surface area (Å²) in [5, 5.41) is 0. The molecule has 86 valence electrons. The van der Waals surface area contributed by atoms with Crippen molar-refractivity contribution >= 4 is 38.0 Å². The molecule has 2 aliphatic rings. The molecular weight excluding hydrogens is 326 g/mol. The van der Waals surface area contributed by atoms with Gasteiger partial charge in [0.1, 0.15) is 0 Å². The standard InChI is InChI=1S/C10H15Br2NO2/c1-9-4-6(11)7(12)5-10(9,2)13(9)8(14)15-3/h6-7H,4-5H2,1-3H3/t6-,7+,9-,10-,13?/m0/s1. The summed E-state index contributed by atoms with van der Waals surface area (Å²) < 4.78 is 4.82. The number of hydrogen-bond acceptors (Lipinski definition) is 2. The van der Waals surface area contributed by atoms with Crippen LogP contribution in [-0.2, 0) is 4.74 Å². The molecule has 0 spiro atoms. The lowest BCUT2D eigenvalue weighted by Crippen LogP contribution is -2.36. The highest BCUT2D eigenvalue weighted by molar-refractivity contribution is 9.12. The summed E-state index contributed by atoms with van der Waals surface area (Å²) in [7, 11) is 1.44. The number of likely N-dealkylation sites (tertiary alicyclic amines) is 1. The average Bonchev–Trinajstić information content (AvgIpc) is 2.62. The number of rotatable bonds is 0. The van der Waals surface area contributed by atoms with E-state index in [0.29, 0.717) is 9.65 Å². The van der Waals surface area contributed by atoms with Crippen LogP contribution in [0.25, 0.3) is 0 Å². The first-order valence-electron chi connectivity index (χ1n) is 5.03. The molecule has 0 unspecified atom stereocenters. The second-order valence-corrected chi connectivity index (χ2v) is 7.15. The van der Waals surface area contributed by atoms with E-state index in [0.717, 1.165) is 12.8 Å². The smallest absolute Gasteiger partial charge is 0.410 e. The Morgan fingerprint density at radius 2 is 1.67 bits per heavy atom. The molecule has 3 nitrogen and oxygen atoms in total. The van der Waals surface area contributed by atoms with Crippen LogP contribution in [0, 0.1) is 0 Å². The van der Waals surface area contributed by atoms with Gasteiger partial charge in [-0.2, -0.15) is 0 Å². The molecule has 0 aromatic rings. The van der Waals surface area contributed by atoms with Crippen molar-refractivity contribution in [3.63, 3.8) is 0 Å². The fourth-order valence-electron chi connectivity index (χ4n) is 2.86. The monoisotopic (exact) mass is 339 g/mol. The third-order valence-corrected chi connectivity index (χ3v) is 6.67. The lowest BCUT2D eigenvalue weighted by Gasteiger charge is -2.28. The SMILES string of the molecule is COC(=O)N1[C@@]2(C)C[C@@H](Br)[C@@H](Br)C[C@]12C. The Kier molecular flexibility index (Phi) is 2.62. The Morgan fingerprint density at radius 1 is 1.27 bits per heavy atom.